The number of anilines is 3. The molecule has 0 saturated carbocycles. The van der Waals surface area contributed by atoms with Gasteiger partial charge < -0.3 is 16.4 Å². The summed E-state index contributed by atoms with van der Waals surface area (Å²) in [5, 5.41) is 0. The predicted octanol–water partition coefficient (Wildman–Crippen LogP) is 2.83. The summed E-state index contributed by atoms with van der Waals surface area (Å²) >= 11 is 0. The number of amides is 1. The average Bonchev–Trinajstić information content (AvgIpc) is 2.46. The highest BCUT2D eigenvalue weighted by Gasteiger charge is 2.29. The van der Waals surface area contributed by atoms with E-state index in [2.05, 4.69) is 13.0 Å². The predicted molar refractivity (Wildman–Crippen MR) is 86.3 cm³/mol. The number of carbonyl (C=O) groups excluding carboxylic acids is 1. The van der Waals surface area contributed by atoms with Crippen molar-refractivity contribution in [3.63, 3.8) is 0 Å². The highest BCUT2D eigenvalue weighted by molar-refractivity contribution is 6.10. The largest absolute Gasteiger partial charge is 0.399 e. The number of para-hydroxylation sites is 1. The van der Waals surface area contributed by atoms with Crippen LogP contribution in [0.15, 0.2) is 42.5 Å². The second-order valence-electron chi connectivity index (χ2n) is 5.54. The molecular weight excluding hydrogens is 262 g/mol. The Labute approximate surface area is 124 Å². The van der Waals surface area contributed by atoms with Crippen molar-refractivity contribution in [3.05, 3.63) is 53.6 Å². The summed E-state index contributed by atoms with van der Waals surface area (Å²) in [6.07, 6.45) is 1.95. The zero-order valence-electron chi connectivity index (χ0n) is 12.0. The van der Waals surface area contributed by atoms with Gasteiger partial charge in [-0.15, -0.1) is 0 Å². The number of nitrogens with two attached hydrogens (primary N) is 2. The highest BCUT2D eigenvalue weighted by Crippen LogP contribution is 2.32. The molecule has 1 atom stereocenters. The third-order valence-corrected chi connectivity index (χ3v) is 4.05. The second kappa shape index (κ2) is 5.13. The van der Waals surface area contributed by atoms with Crippen LogP contribution in [0.25, 0.3) is 0 Å². The van der Waals surface area contributed by atoms with Gasteiger partial charge in [0.1, 0.15) is 0 Å². The lowest BCUT2D eigenvalue weighted by Gasteiger charge is -2.35. The molecule has 4 N–H and O–H groups in total. The zero-order valence-corrected chi connectivity index (χ0v) is 12.0. The lowest BCUT2D eigenvalue weighted by atomic mass is 9.95. The van der Waals surface area contributed by atoms with Crippen molar-refractivity contribution >= 4 is 23.0 Å². The molecule has 4 heteroatoms. The summed E-state index contributed by atoms with van der Waals surface area (Å²) in [5.41, 5.74) is 15.4. The minimum absolute atomic E-state index is 0.0628. The van der Waals surface area contributed by atoms with E-state index < -0.39 is 0 Å². The van der Waals surface area contributed by atoms with E-state index in [4.69, 9.17) is 11.5 Å². The van der Waals surface area contributed by atoms with Crippen LogP contribution in [0.4, 0.5) is 17.1 Å². The van der Waals surface area contributed by atoms with E-state index in [1.807, 2.05) is 23.1 Å². The molecule has 0 aromatic heterocycles. The first-order valence-electron chi connectivity index (χ1n) is 7.14. The van der Waals surface area contributed by atoms with Gasteiger partial charge in [0, 0.05) is 23.1 Å². The number of nitrogen functional groups attached to an aromatic ring is 2. The quantitative estimate of drug-likeness (QED) is 0.789. The fourth-order valence-corrected chi connectivity index (χ4v) is 2.90. The van der Waals surface area contributed by atoms with Gasteiger partial charge in [-0.25, -0.2) is 0 Å². The third-order valence-electron chi connectivity index (χ3n) is 4.05. The summed E-state index contributed by atoms with van der Waals surface area (Å²) in [4.78, 5) is 14.8. The van der Waals surface area contributed by atoms with Gasteiger partial charge in [-0.3, -0.25) is 4.79 Å². The van der Waals surface area contributed by atoms with Crippen molar-refractivity contribution in [1.82, 2.24) is 0 Å². The molecule has 2 aromatic rings. The fourth-order valence-electron chi connectivity index (χ4n) is 2.90. The molecule has 21 heavy (non-hydrogen) atoms. The van der Waals surface area contributed by atoms with E-state index in [9.17, 15) is 4.79 Å². The number of rotatable bonds is 1. The molecule has 0 aliphatic carbocycles. The van der Waals surface area contributed by atoms with Crippen LogP contribution in [-0.2, 0) is 6.42 Å². The van der Waals surface area contributed by atoms with E-state index in [0.717, 1.165) is 18.5 Å². The molecule has 0 fully saturated rings. The molecule has 3 rings (SSSR count). The minimum atomic E-state index is -0.0628. The van der Waals surface area contributed by atoms with E-state index in [-0.39, 0.29) is 11.9 Å². The van der Waals surface area contributed by atoms with Crippen molar-refractivity contribution in [2.75, 3.05) is 16.4 Å². The van der Waals surface area contributed by atoms with Gasteiger partial charge in [0.25, 0.3) is 5.91 Å². The summed E-state index contributed by atoms with van der Waals surface area (Å²) in [6, 6.07) is 13.3. The van der Waals surface area contributed by atoms with Crippen molar-refractivity contribution in [2.45, 2.75) is 25.8 Å². The average molecular weight is 281 g/mol. The second-order valence-corrected chi connectivity index (χ2v) is 5.54. The monoisotopic (exact) mass is 281 g/mol. The first-order chi connectivity index (χ1) is 10.1. The van der Waals surface area contributed by atoms with Gasteiger partial charge in [-0.05, 0) is 49.6 Å². The SMILES string of the molecule is CC1CCc2ccccc2N1C(=O)c1ccc(N)cc1N. The summed E-state index contributed by atoms with van der Waals surface area (Å²) in [6.45, 7) is 2.07. The van der Waals surface area contributed by atoms with Gasteiger partial charge >= 0.3 is 0 Å². The van der Waals surface area contributed by atoms with Crippen LogP contribution < -0.4 is 16.4 Å². The van der Waals surface area contributed by atoms with Gasteiger partial charge in [0.05, 0.1) is 5.56 Å². The van der Waals surface area contributed by atoms with Crippen LogP contribution in [0.2, 0.25) is 0 Å². The molecule has 1 heterocycles. The molecule has 2 aromatic carbocycles. The summed E-state index contributed by atoms with van der Waals surface area (Å²) < 4.78 is 0. The fraction of sp³-hybridized carbons (Fsp3) is 0.235. The van der Waals surface area contributed by atoms with Crippen molar-refractivity contribution < 1.29 is 4.79 Å². The van der Waals surface area contributed by atoms with Crippen molar-refractivity contribution in [3.8, 4) is 0 Å². The maximum Gasteiger partial charge on any atom is 0.260 e. The Bertz CT molecular complexity index is 696. The number of carbonyl (C=O) groups is 1. The van der Waals surface area contributed by atoms with Gasteiger partial charge in [-0.2, -0.15) is 0 Å². The molecule has 108 valence electrons. The van der Waals surface area contributed by atoms with Crippen LogP contribution in [0.5, 0.6) is 0 Å². The number of nitrogens with zero attached hydrogens (tertiary/aromatic N) is 1. The maximum atomic E-state index is 12.9. The van der Waals surface area contributed by atoms with Crippen molar-refractivity contribution in [2.24, 2.45) is 0 Å². The lowest BCUT2D eigenvalue weighted by molar-refractivity contribution is 0.0976. The minimum Gasteiger partial charge on any atom is -0.399 e. The van der Waals surface area contributed by atoms with Crippen LogP contribution in [0.1, 0.15) is 29.3 Å². The van der Waals surface area contributed by atoms with Gasteiger partial charge in [-0.1, -0.05) is 18.2 Å². The van der Waals surface area contributed by atoms with Crippen molar-refractivity contribution in [1.29, 1.82) is 0 Å². The summed E-state index contributed by atoms with van der Waals surface area (Å²) in [5.74, 6) is -0.0628. The molecule has 1 unspecified atom stereocenters. The molecule has 4 nitrogen and oxygen atoms in total. The number of fused-ring (bicyclic) bond motifs is 1. The van der Waals surface area contributed by atoms with Crippen LogP contribution in [0.3, 0.4) is 0 Å². The first-order valence-corrected chi connectivity index (χ1v) is 7.14. The Morgan fingerprint density at radius 3 is 2.71 bits per heavy atom. The van der Waals surface area contributed by atoms with Gasteiger partial charge in [0.2, 0.25) is 0 Å². The summed E-state index contributed by atoms with van der Waals surface area (Å²) in [7, 11) is 0. The maximum absolute atomic E-state index is 12.9. The van der Waals surface area contributed by atoms with E-state index in [0.29, 0.717) is 16.9 Å². The van der Waals surface area contributed by atoms with Crippen LogP contribution in [0, 0.1) is 0 Å². The molecule has 0 radical (unpaired) electrons. The molecular formula is C17H19N3O. The third kappa shape index (κ3) is 2.33. The Morgan fingerprint density at radius 1 is 1.19 bits per heavy atom. The first kappa shape index (κ1) is 13.5. The topological polar surface area (TPSA) is 72.3 Å². The van der Waals surface area contributed by atoms with E-state index in [1.165, 1.54) is 5.56 Å². The molecule has 0 saturated heterocycles. The Hall–Kier alpha value is -2.49. The zero-order chi connectivity index (χ0) is 15.0. The van der Waals surface area contributed by atoms with Gasteiger partial charge in [0.15, 0.2) is 0 Å². The molecule has 1 amide bonds. The van der Waals surface area contributed by atoms with E-state index in [1.54, 1.807) is 18.2 Å². The number of aryl methyl sites for hydroxylation is 1. The van der Waals surface area contributed by atoms with E-state index >= 15 is 0 Å². The van der Waals surface area contributed by atoms with Crippen LogP contribution in [-0.4, -0.2) is 11.9 Å². The normalized spacial score (nSPS) is 17.4. The standard InChI is InChI=1S/C17H19N3O/c1-11-6-7-12-4-2-3-5-16(12)20(11)17(21)14-9-8-13(18)10-15(14)19/h2-5,8-11H,6-7,18-19H2,1H3. The number of hydrogen-bond donors (Lipinski definition) is 2. The molecule has 1 aliphatic heterocycles. The Morgan fingerprint density at radius 2 is 1.95 bits per heavy atom. The molecule has 0 spiro atoms. The Kier molecular flexibility index (Phi) is 3.29. The van der Waals surface area contributed by atoms with Crippen LogP contribution >= 0.6 is 0 Å². The lowest BCUT2D eigenvalue weighted by Crippen LogP contribution is -2.42. The highest BCUT2D eigenvalue weighted by atomic mass is 16.2. The number of hydrogen-bond acceptors (Lipinski definition) is 3. The molecule has 0 bridgehead atoms. The number of benzene rings is 2. The smallest absolute Gasteiger partial charge is 0.260 e. The molecule has 1 aliphatic rings. The Balaban J connectivity index is 2.05.